The number of carbonyl (C=O) groups excluding carboxylic acids is 1. The first-order valence-corrected chi connectivity index (χ1v) is 10.5. The highest BCUT2D eigenvalue weighted by Gasteiger charge is 2.34. The lowest BCUT2D eigenvalue weighted by atomic mass is 10.1. The Morgan fingerprint density at radius 2 is 2.04 bits per heavy atom. The second-order valence-electron chi connectivity index (χ2n) is 6.97. The quantitative estimate of drug-likeness (QED) is 0.467. The lowest BCUT2D eigenvalue weighted by Crippen LogP contribution is -2.28. The highest BCUT2D eigenvalue weighted by atomic mass is 35.5. The first kappa shape index (κ1) is 22.4. The summed E-state index contributed by atoms with van der Waals surface area (Å²) in [6.07, 6.45) is 10.9. The van der Waals surface area contributed by atoms with Crippen molar-refractivity contribution < 1.29 is 4.79 Å². The minimum absolute atomic E-state index is 0.0786. The van der Waals surface area contributed by atoms with Gasteiger partial charge in [0.1, 0.15) is 0 Å². The van der Waals surface area contributed by atoms with Crippen LogP contribution in [0.15, 0.2) is 59.1 Å². The van der Waals surface area contributed by atoms with Crippen molar-refractivity contribution in [1.82, 2.24) is 4.90 Å². The van der Waals surface area contributed by atoms with Gasteiger partial charge in [0, 0.05) is 34.8 Å². The largest absolute Gasteiger partial charge is 0.308 e. The number of rotatable bonds is 6. The predicted molar refractivity (Wildman–Crippen MR) is 120 cm³/mol. The molecule has 0 saturated heterocycles. The summed E-state index contributed by atoms with van der Waals surface area (Å²) in [6.45, 7) is 9.75. The van der Waals surface area contributed by atoms with Crippen LogP contribution in [0.2, 0.25) is 10.0 Å². The number of Topliss-reactive ketones (excluding diaryl/α,β-unsaturated/α-hetero) is 1. The Hall–Kier alpha value is -1.84. The van der Waals surface area contributed by atoms with Gasteiger partial charge in [-0.25, -0.2) is 0 Å². The average molecular weight is 419 g/mol. The summed E-state index contributed by atoms with van der Waals surface area (Å²) in [5.74, 6) is 0.624. The van der Waals surface area contributed by atoms with Gasteiger partial charge in [-0.1, -0.05) is 62.2 Å². The molecule has 2 aliphatic rings. The fourth-order valence-corrected chi connectivity index (χ4v) is 3.52. The number of halogens is 2. The molecule has 0 amide bonds. The summed E-state index contributed by atoms with van der Waals surface area (Å²) in [6, 6.07) is 5.64. The van der Waals surface area contributed by atoms with Crippen LogP contribution in [0.4, 0.5) is 0 Å². The zero-order chi connectivity index (χ0) is 20.7. The van der Waals surface area contributed by atoms with Crippen LogP contribution in [0.3, 0.4) is 0 Å². The Balaban J connectivity index is 0.000000221. The van der Waals surface area contributed by atoms with E-state index in [9.17, 15) is 4.79 Å². The van der Waals surface area contributed by atoms with E-state index in [1.807, 2.05) is 36.2 Å². The van der Waals surface area contributed by atoms with E-state index in [4.69, 9.17) is 23.2 Å². The number of ketones is 1. The summed E-state index contributed by atoms with van der Waals surface area (Å²) >= 11 is 11.7. The van der Waals surface area contributed by atoms with Gasteiger partial charge in [-0.3, -0.25) is 9.79 Å². The Kier molecular flexibility index (Phi) is 8.53. The van der Waals surface area contributed by atoms with Gasteiger partial charge in [-0.2, -0.15) is 0 Å². The topological polar surface area (TPSA) is 32.7 Å². The van der Waals surface area contributed by atoms with Crippen molar-refractivity contribution in [3.8, 4) is 0 Å². The van der Waals surface area contributed by atoms with Crippen molar-refractivity contribution in [2.24, 2.45) is 10.9 Å². The second-order valence-corrected chi connectivity index (χ2v) is 7.82. The third-order valence-electron chi connectivity index (χ3n) is 4.50. The fraction of sp³-hybridized carbons (Fsp3) is 0.391. The predicted octanol–water partition coefficient (Wildman–Crippen LogP) is 6.97. The average Bonchev–Trinajstić information content (AvgIpc) is 3.48. The molecule has 150 valence electrons. The van der Waals surface area contributed by atoms with Gasteiger partial charge in [0.2, 0.25) is 0 Å². The smallest absolute Gasteiger partial charge is 0.176 e. The van der Waals surface area contributed by atoms with Gasteiger partial charge in [-0.05, 0) is 43.4 Å². The molecule has 0 N–H and O–H groups in total. The number of carbonyl (C=O) groups is 1. The molecule has 1 aliphatic carbocycles. The van der Waals surface area contributed by atoms with Gasteiger partial charge >= 0.3 is 0 Å². The van der Waals surface area contributed by atoms with E-state index in [1.165, 1.54) is 18.4 Å². The molecule has 0 spiro atoms. The Morgan fingerprint density at radius 1 is 1.32 bits per heavy atom. The summed E-state index contributed by atoms with van der Waals surface area (Å²) in [5, 5.41) is 1.48. The maximum absolute atomic E-state index is 11.7. The summed E-state index contributed by atoms with van der Waals surface area (Å²) < 4.78 is 0. The van der Waals surface area contributed by atoms with Crippen LogP contribution < -0.4 is 0 Å². The highest BCUT2D eigenvalue weighted by molar-refractivity contribution is 6.35. The molecule has 1 fully saturated rings. The lowest BCUT2D eigenvalue weighted by molar-refractivity contribution is -0.114. The van der Waals surface area contributed by atoms with Crippen LogP contribution in [-0.4, -0.2) is 16.9 Å². The number of benzene rings is 1. The van der Waals surface area contributed by atoms with E-state index < -0.39 is 0 Å². The number of hydrogen-bond donors (Lipinski definition) is 0. The van der Waals surface area contributed by atoms with Gasteiger partial charge in [0.15, 0.2) is 5.78 Å². The molecule has 0 atom stereocenters. The Morgan fingerprint density at radius 3 is 2.57 bits per heavy atom. The molecule has 0 unspecified atom stereocenters. The molecule has 0 aromatic heterocycles. The van der Waals surface area contributed by atoms with Gasteiger partial charge in [-0.15, -0.1) is 0 Å². The minimum atomic E-state index is 0.0786. The molecular weight excluding hydrogens is 391 g/mol. The van der Waals surface area contributed by atoms with E-state index >= 15 is 0 Å². The summed E-state index contributed by atoms with van der Waals surface area (Å²) in [4.78, 5) is 17.9. The maximum atomic E-state index is 11.7. The summed E-state index contributed by atoms with van der Waals surface area (Å²) in [7, 11) is 0. The van der Waals surface area contributed by atoms with E-state index in [2.05, 4.69) is 18.5 Å². The van der Waals surface area contributed by atoms with E-state index in [-0.39, 0.29) is 5.78 Å². The lowest BCUT2D eigenvalue weighted by Gasteiger charge is -2.30. The van der Waals surface area contributed by atoms with E-state index in [1.54, 1.807) is 19.2 Å². The normalized spacial score (nSPS) is 16.5. The van der Waals surface area contributed by atoms with Crippen molar-refractivity contribution >= 4 is 35.2 Å². The van der Waals surface area contributed by atoms with Gasteiger partial charge in [0.05, 0.1) is 17.6 Å². The first-order chi connectivity index (χ1) is 13.4. The van der Waals surface area contributed by atoms with Crippen LogP contribution in [0.5, 0.6) is 0 Å². The van der Waals surface area contributed by atoms with Crippen molar-refractivity contribution in [1.29, 1.82) is 0 Å². The molecule has 1 aromatic carbocycles. The maximum Gasteiger partial charge on any atom is 0.176 e. The second kappa shape index (κ2) is 10.6. The van der Waals surface area contributed by atoms with Crippen LogP contribution in [0.25, 0.3) is 0 Å². The molecule has 0 radical (unpaired) electrons. The Labute approximate surface area is 178 Å². The van der Waals surface area contributed by atoms with Gasteiger partial charge < -0.3 is 4.90 Å². The zero-order valence-corrected chi connectivity index (χ0v) is 18.4. The number of hydrogen-bond acceptors (Lipinski definition) is 3. The molecule has 28 heavy (non-hydrogen) atoms. The minimum Gasteiger partial charge on any atom is -0.308 e. The molecule has 3 nitrogen and oxygen atoms in total. The number of aliphatic imine (C=N–C) groups is 1. The van der Waals surface area contributed by atoms with Crippen LogP contribution in [0, 0.1) is 5.92 Å². The molecule has 0 bridgehead atoms. The van der Waals surface area contributed by atoms with Gasteiger partial charge in [0.25, 0.3) is 0 Å². The summed E-state index contributed by atoms with van der Waals surface area (Å²) in [5.41, 5.74) is 3.80. The first-order valence-electron chi connectivity index (χ1n) is 9.76. The number of aryl methyl sites for hydroxylation is 1. The number of allylic oxidation sites excluding steroid dienone is 4. The molecule has 1 aliphatic heterocycles. The van der Waals surface area contributed by atoms with E-state index in [0.29, 0.717) is 10.9 Å². The molecule has 1 aromatic rings. The molecule has 3 rings (SSSR count). The molecular formula is C23H28Cl2N2O. The fourth-order valence-electron chi connectivity index (χ4n) is 3.02. The van der Waals surface area contributed by atoms with Crippen LogP contribution in [-0.2, 0) is 11.2 Å². The standard InChI is InChI=1S/C14H18N2O.C9H10Cl2/c1-4-5-13(11(3)17)16-10(2)8-15-9-14(16)12-6-7-12;1-2-3-7-4-5-8(10)6-9(7)11/h5,8-9,12H,2,4,6-7H2,1,3H3;4-6H,2-3H2,1H3/b13-5-;. The highest BCUT2D eigenvalue weighted by Crippen LogP contribution is 2.41. The zero-order valence-electron chi connectivity index (χ0n) is 16.8. The Bertz CT molecular complexity index is 820. The number of nitrogens with zero attached hydrogens (tertiary/aromatic N) is 2. The third-order valence-corrected chi connectivity index (χ3v) is 5.09. The van der Waals surface area contributed by atoms with Crippen molar-refractivity contribution in [2.75, 3.05) is 0 Å². The molecule has 1 saturated carbocycles. The third kappa shape index (κ3) is 6.08. The van der Waals surface area contributed by atoms with Crippen molar-refractivity contribution in [3.05, 3.63) is 69.8 Å². The monoisotopic (exact) mass is 418 g/mol. The molecule has 5 heteroatoms. The van der Waals surface area contributed by atoms with Crippen LogP contribution in [0.1, 0.15) is 52.0 Å². The SMILES string of the molecule is C=C1C=NC=C(C2CC2)N1/C(=C\CC)C(C)=O.CCCc1ccc(Cl)cc1Cl. The van der Waals surface area contributed by atoms with Crippen molar-refractivity contribution in [2.45, 2.75) is 52.9 Å². The van der Waals surface area contributed by atoms with E-state index in [0.717, 1.165) is 41.4 Å². The van der Waals surface area contributed by atoms with Crippen LogP contribution >= 0.6 is 23.2 Å². The van der Waals surface area contributed by atoms with Crippen molar-refractivity contribution in [3.63, 3.8) is 0 Å². The molecule has 1 heterocycles.